The molecule has 1 aromatic rings. The fraction of sp³-hybridized carbons (Fsp3) is 0.300. The van der Waals surface area contributed by atoms with Gasteiger partial charge in [0.1, 0.15) is 0 Å². The maximum absolute atomic E-state index is 11.3. The number of phenols is 3. The number of hydrogen-bond donors (Lipinski definition) is 3. The van der Waals surface area contributed by atoms with Crippen LogP contribution in [0.15, 0.2) is 12.1 Å². The third-order valence-corrected chi connectivity index (χ3v) is 1.74. The van der Waals surface area contributed by atoms with Crippen molar-refractivity contribution in [2.75, 3.05) is 6.61 Å². The first-order valence-electron chi connectivity index (χ1n) is 4.48. The summed E-state index contributed by atoms with van der Waals surface area (Å²) in [5.74, 6) is -2.42. The van der Waals surface area contributed by atoms with Gasteiger partial charge in [0.25, 0.3) is 0 Å². The van der Waals surface area contributed by atoms with Crippen LogP contribution in [0.25, 0.3) is 0 Å². The molecule has 5 nitrogen and oxygen atoms in total. The Hall–Kier alpha value is -0.620. The Labute approximate surface area is 127 Å². The van der Waals surface area contributed by atoms with Gasteiger partial charge in [-0.05, 0) is 18.6 Å². The van der Waals surface area contributed by atoms with Crippen molar-refractivity contribution >= 4 is 5.97 Å². The molecular formula is C10H12ClNaO5. The van der Waals surface area contributed by atoms with Crippen molar-refractivity contribution in [2.45, 2.75) is 13.3 Å². The molecule has 0 aliphatic rings. The quantitative estimate of drug-likeness (QED) is 0.292. The van der Waals surface area contributed by atoms with E-state index in [1.807, 2.05) is 6.92 Å². The van der Waals surface area contributed by atoms with Crippen molar-refractivity contribution in [3.05, 3.63) is 17.7 Å². The molecule has 0 aliphatic heterocycles. The largest absolute Gasteiger partial charge is 1.00 e. The number of rotatable bonds is 3. The van der Waals surface area contributed by atoms with Crippen LogP contribution < -0.4 is 42.0 Å². The van der Waals surface area contributed by atoms with Gasteiger partial charge in [-0.25, -0.2) is 4.79 Å². The van der Waals surface area contributed by atoms with E-state index in [1.165, 1.54) is 0 Å². The third-order valence-electron chi connectivity index (χ3n) is 1.74. The molecule has 1 aromatic carbocycles. The topological polar surface area (TPSA) is 87.0 Å². The molecule has 0 aromatic heterocycles. The van der Waals surface area contributed by atoms with E-state index < -0.39 is 23.2 Å². The number of ether oxygens (including phenoxy) is 1. The summed E-state index contributed by atoms with van der Waals surface area (Å²) in [6.07, 6.45) is 0.682. The molecule has 0 atom stereocenters. The Morgan fingerprint density at radius 2 is 1.71 bits per heavy atom. The summed E-state index contributed by atoms with van der Waals surface area (Å²) in [6, 6.07) is 2.07. The predicted octanol–water partition coefficient (Wildman–Crippen LogP) is -4.62. The van der Waals surface area contributed by atoms with Gasteiger partial charge >= 0.3 is 35.5 Å². The molecule has 0 saturated carbocycles. The molecular weight excluding hydrogens is 259 g/mol. The minimum absolute atomic E-state index is 0. The van der Waals surface area contributed by atoms with Crippen LogP contribution in [-0.2, 0) is 4.74 Å². The molecule has 1 rings (SSSR count). The van der Waals surface area contributed by atoms with Crippen LogP contribution in [0.3, 0.4) is 0 Å². The minimum Gasteiger partial charge on any atom is -1.00 e. The normalized spacial score (nSPS) is 8.76. The number of hydrogen-bond acceptors (Lipinski definition) is 5. The number of halogens is 1. The van der Waals surface area contributed by atoms with Crippen molar-refractivity contribution in [3.8, 4) is 17.2 Å². The molecule has 0 fully saturated rings. The van der Waals surface area contributed by atoms with Gasteiger partial charge in [0.2, 0.25) is 0 Å². The van der Waals surface area contributed by atoms with Gasteiger partial charge in [-0.3, -0.25) is 0 Å². The minimum atomic E-state index is -0.651. The van der Waals surface area contributed by atoms with E-state index in [0.29, 0.717) is 6.42 Å². The maximum Gasteiger partial charge on any atom is 1.00 e. The van der Waals surface area contributed by atoms with Gasteiger partial charge in [0, 0.05) is 0 Å². The Morgan fingerprint density at radius 3 is 2.12 bits per heavy atom. The summed E-state index contributed by atoms with van der Waals surface area (Å²) >= 11 is 0. The van der Waals surface area contributed by atoms with E-state index >= 15 is 0 Å². The van der Waals surface area contributed by atoms with E-state index in [9.17, 15) is 4.79 Å². The molecule has 0 unspecified atom stereocenters. The van der Waals surface area contributed by atoms with Crippen LogP contribution in [0.4, 0.5) is 0 Å². The Balaban J connectivity index is 0. The van der Waals surface area contributed by atoms with Crippen molar-refractivity contribution in [1.82, 2.24) is 0 Å². The number of carbonyl (C=O) groups is 1. The zero-order chi connectivity index (χ0) is 11.4. The van der Waals surface area contributed by atoms with Crippen LogP contribution >= 0.6 is 0 Å². The van der Waals surface area contributed by atoms with Crippen LogP contribution in [0.5, 0.6) is 17.2 Å². The predicted molar refractivity (Wildman–Crippen MR) is 52.0 cm³/mol. The molecule has 0 bridgehead atoms. The van der Waals surface area contributed by atoms with E-state index in [-0.39, 0.29) is 54.1 Å². The first kappa shape index (κ1) is 18.7. The fourth-order valence-corrected chi connectivity index (χ4v) is 1.00. The van der Waals surface area contributed by atoms with Crippen molar-refractivity contribution < 1.29 is 66.8 Å². The van der Waals surface area contributed by atoms with Crippen LogP contribution in [0.2, 0.25) is 0 Å². The molecule has 17 heavy (non-hydrogen) atoms. The van der Waals surface area contributed by atoms with Crippen LogP contribution in [0.1, 0.15) is 23.7 Å². The number of benzene rings is 1. The summed E-state index contributed by atoms with van der Waals surface area (Å²) < 4.78 is 4.78. The number of carbonyl (C=O) groups excluding carboxylic acids is 1. The zero-order valence-electron chi connectivity index (χ0n) is 9.61. The molecule has 0 aliphatic carbocycles. The number of esters is 1. The second-order valence-corrected chi connectivity index (χ2v) is 3.00. The van der Waals surface area contributed by atoms with Gasteiger partial charge in [-0.1, -0.05) is 6.92 Å². The standard InChI is InChI=1S/C10H12O5.ClH.Na/c1-2-3-15-10(14)6-4-7(11)9(13)8(12)5-6;;/h4-5,11-13H,2-3H2,1H3;1H;/q;;+1/p-1. The van der Waals surface area contributed by atoms with Gasteiger partial charge in [-0.2, -0.15) is 0 Å². The zero-order valence-corrected chi connectivity index (χ0v) is 12.4. The van der Waals surface area contributed by atoms with Gasteiger partial charge in [-0.15, -0.1) is 0 Å². The smallest absolute Gasteiger partial charge is 1.00 e. The Kier molecular flexibility index (Phi) is 9.33. The average molecular weight is 271 g/mol. The molecule has 90 valence electrons. The number of aromatic hydroxyl groups is 3. The summed E-state index contributed by atoms with van der Waals surface area (Å²) in [4.78, 5) is 11.3. The average Bonchev–Trinajstić information content (AvgIpc) is 2.21. The van der Waals surface area contributed by atoms with E-state index in [2.05, 4.69) is 0 Å². The van der Waals surface area contributed by atoms with E-state index in [1.54, 1.807) is 0 Å². The number of phenolic OH excluding ortho intramolecular Hbond substituents is 3. The fourth-order valence-electron chi connectivity index (χ4n) is 1.00. The van der Waals surface area contributed by atoms with Crippen molar-refractivity contribution in [2.24, 2.45) is 0 Å². The van der Waals surface area contributed by atoms with Gasteiger partial charge in [0.15, 0.2) is 17.2 Å². The summed E-state index contributed by atoms with van der Waals surface area (Å²) in [7, 11) is 0. The van der Waals surface area contributed by atoms with Crippen LogP contribution in [0, 0.1) is 0 Å². The molecule has 0 saturated heterocycles. The van der Waals surface area contributed by atoms with Gasteiger partial charge in [0.05, 0.1) is 12.2 Å². The molecule has 0 radical (unpaired) electrons. The molecule has 0 amide bonds. The summed E-state index contributed by atoms with van der Waals surface area (Å²) in [6.45, 7) is 2.11. The van der Waals surface area contributed by atoms with E-state index in [0.717, 1.165) is 12.1 Å². The first-order valence-corrected chi connectivity index (χ1v) is 4.48. The Morgan fingerprint density at radius 1 is 1.24 bits per heavy atom. The Bertz CT molecular complexity index is 360. The van der Waals surface area contributed by atoms with Crippen LogP contribution in [-0.4, -0.2) is 27.9 Å². The second kappa shape index (κ2) is 8.47. The molecule has 0 spiro atoms. The summed E-state index contributed by atoms with van der Waals surface area (Å²) in [5.41, 5.74) is -0.00347. The second-order valence-electron chi connectivity index (χ2n) is 3.00. The van der Waals surface area contributed by atoms with Gasteiger partial charge < -0.3 is 32.5 Å². The third kappa shape index (κ3) is 5.04. The maximum atomic E-state index is 11.3. The SMILES string of the molecule is CCCOC(=O)c1cc(O)c(O)c(O)c1.[Cl-].[Na+]. The molecule has 0 heterocycles. The van der Waals surface area contributed by atoms with Crippen molar-refractivity contribution in [1.29, 1.82) is 0 Å². The van der Waals surface area contributed by atoms with Crippen molar-refractivity contribution in [3.63, 3.8) is 0 Å². The molecule has 3 N–H and O–H groups in total. The monoisotopic (exact) mass is 270 g/mol. The molecule has 7 heteroatoms. The summed E-state index contributed by atoms with van der Waals surface area (Å²) in [5, 5.41) is 27.3. The first-order chi connectivity index (χ1) is 7.06. The van der Waals surface area contributed by atoms with E-state index in [4.69, 9.17) is 20.1 Å².